The van der Waals surface area contributed by atoms with Crippen LogP contribution in [0.5, 0.6) is 11.5 Å². The molecule has 1 rings (SSSR count). The highest BCUT2D eigenvalue weighted by atomic mass is 16.4. The second-order valence-electron chi connectivity index (χ2n) is 4.02. The number of benzene rings is 1. The number of hydrogen-bond donors (Lipinski definition) is 5. The van der Waals surface area contributed by atoms with E-state index in [-0.39, 0.29) is 24.5 Å². The molecule has 0 aliphatic carbocycles. The van der Waals surface area contributed by atoms with Gasteiger partial charge in [0.25, 0.3) is 0 Å². The molecule has 0 spiro atoms. The molecule has 1 aromatic rings. The molecule has 5 N–H and O–H groups in total. The normalized spacial score (nSPS) is 11.8. The lowest BCUT2D eigenvalue weighted by Gasteiger charge is -2.14. The molecule has 0 radical (unpaired) electrons. The number of carboxylic acids is 1. The smallest absolute Gasteiger partial charge is 0.326 e. The van der Waals surface area contributed by atoms with Crippen LogP contribution < -0.4 is 10.6 Å². The van der Waals surface area contributed by atoms with E-state index in [4.69, 9.17) is 10.2 Å². The van der Waals surface area contributed by atoms with Gasteiger partial charge in [-0.2, -0.15) is 0 Å². The second kappa shape index (κ2) is 6.60. The fourth-order valence-electron chi connectivity index (χ4n) is 1.54. The number of carboxylic acid groups (broad SMARTS) is 1. The van der Waals surface area contributed by atoms with Crippen LogP contribution in [0.15, 0.2) is 18.2 Å². The highest BCUT2D eigenvalue weighted by molar-refractivity contribution is 5.84. The quantitative estimate of drug-likeness (QED) is 0.441. The fraction of sp³-hybridized carbons (Fsp3) is 0.333. The second-order valence-corrected chi connectivity index (χ2v) is 4.02. The molecular weight excluding hydrogens is 252 g/mol. The average molecular weight is 268 g/mol. The first kappa shape index (κ1) is 14.8. The van der Waals surface area contributed by atoms with Crippen molar-refractivity contribution < 1.29 is 24.9 Å². The lowest BCUT2D eigenvalue weighted by atomic mass is 10.1. The summed E-state index contributed by atoms with van der Waals surface area (Å²) in [4.78, 5) is 22.4. The Morgan fingerprint density at radius 1 is 1.26 bits per heavy atom. The number of phenols is 2. The van der Waals surface area contributed by atoms with Gasteiger partial charge >= 0.3 is 5.97 Å². The number of aromatic hydroxyl groups is 2. The predicted octanol–water partition coefficient (Wildman–Crippen LogP) is -0.571. The monoisotopic (exact) mass is 268 g/mol. The zero-order chi connectivity index (χ0) is 14.4. The van der Waals surface area contributed by atoms with Gasteiger partial charge < -0.3 is 26.0 Å². The van der Waals surface area contributed by atoms with Crippen LogP contribution in [-0.4, -0.2) is 46.8 Å². The molecule has 1 atom stereocenters. The van der Waals surface area contributed by atoms with Gasteiger partial charge in [-0.25, -0.2) is 4.79 Å². The summed E-state index contributed by atoms with van der Waals surface area (Å²) in [7, 11) is 1.58. The Bertz CT molecular complexity index is 475. The third kappa shape index (κ3) is 4.47. The Labute approximate surface area is 109 Å². The first-order valence-corrected chi connectivity index (χ1v) is 5.61. The van der Waals surface area contributed by atoms with Crippen LogP contribution in [0.1, 0.15) is 5.56 Å². The minimum absolute atomic E-state index is 0.0125. The lowest BCUT2D eigenvalue weighted by Crippen LogP contribution is -2.45. The summed E-state index contributed by atoms with van der Waals surface area (Å²) in [6.45, 7) is 0.0185. The van der Waals surface area contributed by atoms with E-state index in [0.717, 1.165) is 0 Å². The number of nitrogens with one attached hydrogen (secondary N) is 2. The van der Waals surface area contributed by atoms with Gasteiger partial charge in [-0.05, 0) is 24.7 Å². The van der Waals surface area contributed by atoms with Crippen molar-refractivity contribution in [3.05, 3.63) is 23.8 Å². The van der Waals surface area contributed by atoms with Crippen molar-refractivity contribution in [1.82, 2.24) is 10.6 Å². The molecule has 1 unspecified atom stereocenters. The lowest BCUT2D eigenvalue weighted by molar-refractivity contribution is -0.141. The summed E-state index contributed by atoms with van der Waals surface area (Å²) < 4.78 is 0. The zero-order valence-corrected chi connectivity index (χ0v) is 10.4. The van der Waals surface area contributed by atoms with Gasteiger partial charge in [0.2, 0.25) is 5.91 Å². The summed E-state index contributed by atoms with van der Waals surface area (Å²) in [6.07, 6.45) is 0.0125. The maximum atomic E-state index is 11.3. The SMILES string of the molecule is CNCC(=O)NC(Cc1ccc(O)c(O)c1)C(=O)O. The number of carbonyl (C=O) groups is 2. The highest BCUT2D eigenvalue weighted by Gasteiger charge is 2.20. The van der Waals surface area contributed by atoms with Crippen molar-refractivity contribution in [2.45, 2.75) is 12.5 Å². The predicted molar refractivity (Wildman–Crippen MR) is 67.0 cm³/mol. The van der Waals surface area contributed by atoms with Crippen LogP contribution in [0, 0.1) is 0 Å². The van der Waals surface area contributed by atoms with Crippen molar-refractivity contribution in [3.63, 3.8) is 0 Å². The molecule has 0 bridgehead atoms. The third-order valence-electron chi connectivity index (χ3n) is 2.45. The molecule has 0 heterocycles. The molecule has 0 aromatic heterocycles. The number of hydrogen-bond acceptors (Lipinski definition) is 5. The Kier molecular flexibility index (Phi) is 5.13. The Morgan fingerprint density at radius 2 is 1.95 bits per heavy atom. The molecular formula is C12H16N2O5. The van der Waals surface area contributed by atoms with Crippen LogP contribution in [-0.2, 0) is 16.0 Å². The molecule has 0 aliphatic heterocycles. The Hall–Kier alpha value is -2.28. The molecule has 0 aliphatic rings. The van der Waals surface area contributed by atoms with E-state index in [9.17, 15) is 14.7 Å². The van der Waals surface area contributed by atoms with Crippen molar-refractivity contribution in [2.24, 2.45) is 0 Å². The number of phenolic OH excluding ortho intramolecular Hbond substituents is 2. The molecule has 0 saturated carbocycles. The number of carbonyl (C=O) groups excluding carboxylic acids is 1. The average Bonchev–Trinajstić information content (AvgIpc) is 2.33. The van der Waals surface area contributed by atoms with Gasteiger partial charge in [0.05, 0.1) is 6.54 Å². The summed E-state index contributed by atoms with van der Waals surface area (Å²) in [6, 6.07) is 2.91. The van der Waals surface area contributed by atoms with Crippen LogP contribution in [0.3, 0.4) is 0 Å². The van der Waals surface area contributed by atoms with Crippen LogP contribution in [0.25, 0.3) is 0 Å². The van der Waals surface area contributed by atoms with E-state index in [1.165, 1.54) is 18.2 Å². The zero-order valence-electron chi connectivity index (χ0n) is 10.4. The topological polar surface area (TPSA) is 119 Å². The number of aliphatic carboxylic acids is 1. The maximum Gasteiger partial charge on any atom is 0.326 e. The molecule has 104 valence electrons. The minimum Gasteiger partial charge on any atom is -0.504 e. The molecule has 7 heteroatoms. The van der Waals surface area contributed by atoms with Crippen molar-refractivity contribution >= 4 is 11.9 Å². The molecule has 7 nitrogen and oxygen atoms in total. The van der Waals surface area contributed by atoms with Crippen molar-refractivity contribution in [1.29, 1.82) is 0 Å². The highest BCUT2D eigenvalue weighted by Crippen LogP contribution is 2.25. The summed E-state index contributed by atoms with van der Waals surface area (Å²) in [5.41, 5.74) is 0.493. The van der Waals surface area contributed by atoms with Crippen LogP contribution in [0.4, 0.5) is 0 Å². The number of rotatable bonds is 6. The van der Waals surface area contributed by atoms with Crippen molar-refractivity contribution in [3.8, 4) is 11.5 Å². The molecule has 1 aromatic carbocycles. The Morgan fingerprint density at radius 3 is 2.47 bits per heavy atom. The summed E-state index contributed by atoms with van der Waals surface area (Å²) >= 11 is 0. The fourth-order valence-corrected chi connectivity index (χ4v) is 1.54. The maximum absolute atomic E-state index is 11.3. The van der Waals surface area contributed by atoms with Gasteiger partial charge in [0, 0.05) is 6.42 Å². The van der Waals surface area contributed by atoms with E-state index in [0.29, 0.717) is 5.56 Å². The molecule has 19 heavy (non-hydrogen) atoms. The summed E-state index contributed by atoms with van der Waals surface area (Å²) in [5, 5.41) is 32.5. The summed E-state index contributed by atoms with van der Waals surface area (Å²) in [5.74, 6) is -2.21. The first-order valence-electron chi connectivity index (χ1n) is 5.61. The van der Waals surface area contributed by atoms with Crippen molar-refractivity contribution in [2.75, 3.05) is 13.6 Å². The number of amides is 1. The Balaban J connectivity index is 2.75. The third-order valence-corrected chi connectivity index (χ3v) is 2.45. The standard InChI is InChI=1S/C12H16N2O5/c1-13-6-11(17)14-8(12(18)19)4-7-2-3-9(15)10(16)5-7/h2-3,5,8,13,15-16H,4,6H2,1H3,(H,14,17)(H,18,19). The van der Waals surface area contributed by atoms with Crippen LogP contribution >= 0.6 is 0 Å². The van der Waals surface area contributed by atoms with E-state index < -0.39 is 17.9 Å². The van der Waals surface area contributed by atoms with Gasteiger partial charge in [-0.1, -0.05) is 6.07 Å². The largest absolute Gasteiger partial charge is 0.504 e. The molecule has 1 amide bonds. The van der Waals surface area contributed by atoms with E-state index >= 15 is 0 Å². The van der Waals surface area contributed by atoms with E-state index in [1.807, 2.05) is 0 Å². The van der Waals surface area contributed by atoms with Crippen LogP contribution in [0.2, 0.25) is 0 Å². The number of likely N-dealkylation sites (N-methyl/N-ethyl adjacent to an activating group) is 1. The van der Waals surface area contributed by atoms with Gasteiger partial charge in [0.1, 0.15) is 6.04 Å². The minimum atomic E-state index is -1.17. The van der Waals surface area contributed by atoms with Gasteiger partial charge in [-0.15, -0.1) is 0 Å². The van der Waals surface area contributed by atoms with E-state index in [1.54, 1.807) is 7.05 Å². The first-order chi connectivity index (χ1) is 8.93. The van der Waals surface area contributed by atoms with Gasteiger partial charge in [0.15, 0.2) is 11.5 Å². The van der Waals surface area contributed by atoms with E-state index in [2.05, 4.69) is 10.6 Å². The van der Waals surface area contributed by atoms with Gasteiger partial charge in [-0.3, -0.25) is 4.79 Å². The molecule has 0 fully saturated rings. The molecule has 0 saturated heterocycles.